The van der Waals surface area contributed by atoms with Gasteiger partial charge in [0.05, 0.1) is 0 Å². The molecule has 20 heavy (non-hydrogen) atoms. The average molecular weight is 273 g/mol. The molecule has 2 saturated carbocycles. The second-order valence-electron chi connectivity index (χ2n) is 6.82. The minimum atomic E-state index is 0.897. The molecule has 0 spiro atoms. The van der Waals surface area contributed by atoms with Crippen LogP contribution in [-0.2, 0) is 6.54 Å². The van der Waals surface area contributed by atoms with Crippen molar-refractivity contribution in [3.8, 4) is 0 Å². The van der Waals surface area contributed by atoms with Crippen LogP contribution >= 0.6 is 0 Å². The van der Waals surface area contributed by atoms with E-state index in [4.69, 9.17) is 4.98 Å². The Labute approximate surface area is 122 Å². The molecule has 3 atom stereocenters. The third-order valence-electron chi connectivity index (χ3n) is 5.16. The van der Waals surface area contributed by atoms with E-state index in [-0.39, 0.29) is 0 Å². The summed E-state index contributed by atoms with van der Waals surface area (Å²) in [5, 5.41) is 3.23. The van der Waals surface area contributed by atoms with Crippen LogP contribution in [0.15, 0.2) is 12.1 Å². The number of nitrogens with one attached hydrogen (secondary N) is 1. The minimum absolute atomic E-state index is 0.897. The van der Waals surface area contributed by atoms with Crippen molar-refractivity contribution in [1.29, 1.82) is 0 Å². The highest BCUT2D eigenvalue weighted by molar-refractivity contribution is 5.42. The zero-order chi connectivity index (χ0) is 14.1. The van der Waals surface area contributed by atoms with Crippen molar-refractivity contribution in [2.75, 3.05) is 25.5 Å². The highest BCUT2D eigenvalue weighted by Gasteiger charge is 2.39. The third-order valence-corrected chi connectivity index (χ3v) is 5.16. The summed E-state index contributed by atoms with van der Waals surface area (Å²) < 4.78 is 0. The van der Waals surface area contributed by atoms with E-state index >= 15 is 0 Å². The molecule has 1 N–H and O–H groups in total. The summed E-state index contributed by atoms with van der Waals surface area (Å²) in [6.07, 6.45) is 5.89. The lowest BCUT2D eigenvalue weighted by atomic mass is 9.88. The fourth-order valence-corrected chi connectivity index (χ4v) is 4.27. The molecule has 0 aliphatic heterocycles. The number of anilines is 1. The molecule has 1 aromatic heterocycles. The third kappa shape index (κ3) is 2.83. The van der Waals surface area contributed by atoms with Crippen molar-refractivity contribution in [2.24, 2.45) is 17.8 Å². The molecule has 2 aliphatic rings. The second-order valence-corrected chi connectivity index (χ2v) is 6.82. The lowest BCUT2D eigenvalue weighted by Gasteiger charge is -2.28. The molecule has 3 nitrogen and oxygen atoms in total. The fraction of sp³-hybridized carbons (Fsp3) is 0.706. The Kier molecular flexibility index (Phi) is 3.97. The maximum Gasteiger partial charge on any atom is 0.128 e. The van der Waals surface area contributed by atoms with E-state index in [0.29, 0.717) is 0 Å². The Morgan fingerprint density at radius 2 is 2.15 bits per heavy atom. The number of rotatable bonds is 5. The number of aryl methyl sites for hydroxylation is 1. The van der Waals surface area contributed by atoms with Gasteiger partial charge in [-0.1, -0.05) is 6.42 Å². The molecule has 1 aromatic rings. The molecule has 3 rings (SSSR count). The predicted molar refractivity (Wildman–Crippen MR) is 83.9 cm³/mol. The lowest BCUT2D eigenvalue weighted by molar-refractivity contribution is 0.337. The average Bonchev–Trinajstić information content (AvgIpc) is 3.00. The van der Waals surface area contributed by atoms with Gasteiger partial charge in [-0.3, -0.25) is 0 Å². The Balaban J connectivity index is 1.68. The quantitative estimate of drug-likeness (QED) is 0.894. The van der Waals surface area contributed by atoms with Crippen LogP contribution in [0.5, 0.6) is 0 Å². The molecule has 2 bridgehead atoms. The predicted octanol–water partition coefficient (Wildman–Crippen LogP) is 2.98. The van der Waals surface area contributed by atoms with Gasteiger partial charge < -0.3 is 10.2 Å². The van der Waals surface area contributed by atoms with Gasteiger partial charge in [-0.15, -0.1) is 0 Å². The van der Waals surface area contributed by atoms with E-state index in [1.54, 1.807) is 0 Å². The van der Waals surface area contributed by atoms with Crippen molar-refractivity contribution in [1.82, 2.24) is 10.3 Å². The summed E-state index contributed by atoms with van der Waals surface area (Å²) in [7, 11) is 4.20. The molecular formula is C17H27N3. The van der Waals surface area contributed by atoms with Gasteiger partial charge in [-0.25, -0.2) is 4.98 Å². The summed E-state index contributed by atoms with van der Waals surface area (Å²) in [5.41, 5.74) is 2.45. The molecule has 0 radical (unpaired) electrons. The zero-order valence-corrected chi connectivity index (χ0v) is 13.0. The summed E-state index contributed by atoms with van der Waals surface area (Å²) in [4.78, 5) is 7.09. The molecule has 3 heteroatoms. The van der Waals surface area contributed by atoms with E-state index in [0.717, 1.165) is 35.8 Å². The number of hydrogen-bond acceptors (Lipinski definition) is 3. The number of hydrogen-bond donors (Lipinski definition) is 1. The molecule has 110 valence electrons. The second kappa shape index (κ2) is 5.72. The van der Waals surface area contributed by atoms with E-state index in [2.05, 4.69) is 36.3 Å². The first-order valence-corrected chi connectivity index (χ1v) is 7.99. The molecule has 0 saturated heterocycles. The summed E-state index contributed by atoms with van der Waals surface area (Å²) in [6.45, 7) is 4.18. The summed E-state index contributed by atoms with van der Waals surface area (Å²) >= 11 is 0. The summed E-state index contributed by atoms with van der Waals surface area (Å²) in [5.74, 6) is 4.06. The first kappa shape index (κ1) is 13.9. The number of aromatic nitrogens is 1. The van der Waals surface area contributed by atoms with Gasteiger partial charge in [0.2, 0.25) is 0 Å². The minimum Gasteiger partial charge on any atom is -0.359 e. The SMILES string of the molecule is CNCc1cc(C)nc(N(C)CC2CC3CCC2C3)c1. The number of pyridine rings is 1. The molecular weight excluding hydrogens is 246 g/mol. The van der Waals surface area contributed by atoms with Crippen molar-refractivity contribution in [3.05, 3.63) is 23.4 Å². The van der Waals surface area contributed by atoms with E-state index in [1.165, 1.54) is 37.8 Å². The maximum atomic E-state index is 4.72. The molecule has 2 aliphatic carbocycles. The van der Waals surface area contributed by atoms with Crippen LogP contribution in [0.4, 0.5) is 5.82 Å². The van der Waals surface area contributed by atoms with Crippen molar-refractivity contribution in [3.63, 3.8) is 0 Å². The van der Waals surface area contributed by atoms with Gasteiger partial charge in [0.25, 0.3) is 0 Å². The van der Waals surface area contributed by atoms with Crippen LogP contribution in [0.3, 0.4) is 0 Å². The summed E-state index contributed by atoms with van der Waals surface area (Å²) in [6, 6.07) is 4.40. The molecule has 0 aromatic carbocycles. The molecule has 0 amide bonds. The molecule has 1 heterocycles. The standard InChI is InChI=1S/C17H27N3/c1-12-6-14(10-18-2)9-17(19-12)20(3)11-16-8-13-4-5-15(16)7-13/h6,9,13,15-16,18H,4-5,7-8,10-11H2,1-3H3. The van der Waals surface area contributed by atoms with Crippen LogP contribution in [0.25, 0.3) is 0 Å². The van der Waals surface area contributed by atoms with Crippen LogP contribution < -0.4 is 10.2 Å². The number of fused-ring (bicyclic) bond motifs is 2. The van der Waals surface area contributed by atoms with Gasteiger partial charge in [0.15, 0.2) is 0 Å². The Hall–Kier alpha value is -1.09. The van der Waals surface area contributed by atoms with Gasteiger partial charge >= 0.3 is 0 Å². The normalized spacial score (nSPS) is 28.1. The Morgan fingerprint density at radius 3 is 2.80 bits per heavy atom. The Morgan fingerprint density at radius 1 is 1.30 bits per heavy atom. The first-order chi connectivity index (χ1) is 9.65. The monoisotopic (exact) mass is 273 g/mol. The van der Waals surface area contributed by atoms with Gasteiger partial charge in [0, 0.05) is 25.8 Å². The number of nitrogens with zero attached hydrogens (tertiary/aromatic N) is 2. The van der Waals surface area contributed by atoms with E-state index < -0.39 is 0 Å². The zero-order valence-electron chi connectivity index (χ0n) is 13.0. The van der Waals surface area contributed by atoms with Crippen molar-refractivity contribution in [2.45, 2.75) is 39.2 Å². The highest BCUT2D eigenvalue weighted by atomic mass is 15.2. The fourth-order valence-electron chi connectivity index (χ4n) is 4.27. The van der Waals surface area contributed by atoms with E-state index in [9.17, 15) is 0 Å². The van der Waals surface area contributed by atoms with Crippen LogP contribution in [0.1, 0.15) is 36.9 Å². The van der Waals surface area contributed by atoms with Crippen molar-refractivity contribution < 1.29 is 0 Å². The lowest BCUT2D eigenvalue weighted by Crippen LogP contribution is -2.29. The van der Waals surface area contributed by atoms with Crippen LogP contribution in [-0.4, -0.2) is 25.6 Å². The topological polar surface area (TPSA) is 28.2 Å². The molecule has 3 unspecified atom stereocenters. The molecule has 2 fully saturated rings. The van der Waals surface area contributed by atoms with Crippen LogP contribution in [0, 0.1) is 24.7 Å². The smallest absolute Gasteiger partial charge is 0.128 e. The largest absolute Gasteiger partial charge is 0.359 e. The van der Waals surface area contributed by atoms with Crippen LogP contribution in [0.2, 0.25) is 0 Å². The maximum absolute atomic E-state index is 4.72. The highest BCUT2D eigenvalue weighted by Crippen LogP contribution is 2.48. The first-order valence-electron chi connectivity index (χ1n) is 7.99. The van der Waals surface area contributed by atoms with E-state index in [1.807, 2.05) is 7.05 Å². The van der Waals surface area contributed by atoms with Gasteiger partial charge in [-0.2, -0.15) is 0 Å². The van der Waals surface area contributed by atoms with Crippen molar-refractivity contribution >= 4 is 5.82 Å². The Bertz CT molecular complexity index is 471. The van der Waals surface area contributed by atoms with Gasteiger partial charge in [-0.05, 0) is 68.7 Å². The van der Waals surface area contributed by atoms with Gasteiger partial charge in [0.1, 0.15) is 5.82 Å².